The van der Waals surface area contributed by atoms with E-state index >= 15 is 0 Å². The highest BCUT2D eigenvalue weighted by Gasteiger charge is 2.37. The fraction of sp³-hybridized carbons (Fsp3) is 0.235. The quantitative estimate of drug-likeness (QED) is 0.769. The molecular weight excluding hydrogens is 364 g/mol. The molecule has 3 nitrogen and oxygen atoms in total. The van der Waals surface area contributed by atoms with E-state index < -0.39 is 35.1 Å². The van der Waals surface area contributed by atoms with E-state index in [4.69, 9.17) is 4.74 Å². The highest BCUT2D eigenvalue weighted by molar-refractivity contribution is 5.92. The van der Waals surface area contributed by atoms with E-state index in [0.29, 0.717) is 23.4 Å². The number of benzene rings is 2. The smallest absolute Gasteiger partial charge is 0.416 e. The summed E-state index contributed by atoms with van der Waals surface area (Å²) in [6.45, 7) is 0. The molecule has 0 spiro atoms. The number of anilines is 1. The molecule has 0 radical (unpaired) electrons. The van der Waals surface area contributed by atoms with Crippen LogP contribution in [0.2, 0.25) is 0 Å². The molecule has 0 bridgehead atoms. The number of para-hydroxylation sites is 1. The van der Waals surface area contributed by atoms with Crippen LogP contribution in [0.5, 0.6) is 5.75 Å². The zero-order chi connectivity index (χ0) is 19.5. The summed E-state index contributed by atoms with van der Waals surface area (Å²) < 4.78 is 82.0. The molecule has 1 N–H and O–H groups in total. The third kappa shape index (κ3) is 4.90. The van der Waals surface area contributed by atoms with E-state index in [0.717, 1.165) is 0 Å². The van der Waals surface area contributed by atoms with E-state index in [1.54, 1.807) is 24.3 Å². The first-order valence-corrected chi connectivity index (χ1v) is 7.22. The summed E-state index contributed by atoms with van der Waals surface area (Å²) in [5.74, 6) is -0.398. The van der Waals surface area contributed by atoms with Gasteiger partial charge in [0.05, 0.1) is 24.7 Å². The minimum absolute atomic E-state index is 0.00409. The normalized spacial score (nSPS) is 12.0. The summed E-state index contributed by atoms with van der Waals surface area (Å²) in [6, 6.07) is 7.32. The van der Waals surface area contributed by atoms with Gasteiger partial charge in [-0.05, 0) is 24.3 Å². The maximum absolute atomic E-state index is 12.8. The third-order valence-corrected chi connectivity index (χ3v) is 3.41. The van der Waals surface area contributed by atoms with Gasteiger partial charge in [0.2, 0.25) is 5.91 Å². The number of hydrogen-bond donors (Lipinski definition) is 1. The second-order valence-corrected chi connectivity index (χ2v) is 5.33. The highest BCUT2D eigenvalue weighted by atomic mass is 19.4. The molecular formula is C17H13F6NO2. The number of amides is 1. The number of hydrogen-bond acceptors (Lipinski definition) is 2. The van der Waals surface area contributed by atoms with Crippen molar-refractivity contribution in [2.24, 2.45) is 0 Å². The van der Waals surface area contributed by atoms with Crippen molar-refractivity contribution in [3.8, 4) is 5.75 Å². The van der Waals surface area contributed by atoms with Crippen LogP contribution in [0.25, 0.3) is 0 Å². The summed E-state index contributed by atoms with van der Waals surface area (Å²) >= 11 is 0. The molecule has 0 heterocycles. The molecule has 0 aromatic heterocycles. The van der Waals surface area contributed by atoms with E-state index in [9.17, 15) is 31.1 Å². The Morgan fingerprint density at radius 3 is 2.00 bits per heavy atom. The summed E-state index contributed by atoms with van der Waals surface area (Å²) in [7, 11) is 1.37. The number of ether oxygens (including phenoxy) is 1. The predicted molar refractivity (Wildman–Crippen MR) is 81.8 cm³/mol. The Kier molecular flexibility index (Phi) is 5.48. The lowest BCUT2D eigenvalue weighted by atomic mass is 10.1. The molecule has 0 saturated heterocycles. The summed E-state index contributed by atoms with van der Waals surface area (Å²) in [6.07, 6.45) is -10.2. The minimum Gasteiger partial charge on any atom is -0.496 e. The number of methoxy groups -OCH3 is 1. The SMILES string of the molecule is COc1ccccc1CC(=O)Nc1cc(C(F)(F)F)cc(C(F)(F)F)c1. The largest absolute Gasteiger partial charge is 0.496 e. The van der Waals surface area contributed by atoms with Crippen LogP contribution < -0.4 is 10.1 Å². The number of halogens is 6. The van der Waals surface area contributed by atoms with Gasteiger partial charge in [0.1, 0.15) is 5.75 Å². The Morgan fingerprint density at radius 2 is 1.50 bits per heavy atom. The van der Waals surface area contributed by atoms with Gasteiger partial charge < -0.3 is 10.1 Å². The van der Waals surface area contributed by atoms with Gasteiger partial charge in [-0.1, -0.05) is 18.2 Å². The number of nitrogens with one attached hydrogen (secondary N) is 1. The molecule has 0 aliphatic heterocycles. The maximum atomic E-state index is 12.8. The molecule has 0 fully saturated rings. The van der Waals surface area contributed by atoms with Crippen molar-refractivity contribution >= 4 is 11.6 Å². The molecule has 0 unspecified atom stereocenters. The minimum atomic E-state index is -4.98. The van der Waals surface area contributed by atoms with Crippen LogP contribution in [-0.2, 0) is 23.6 Å². The van der Waals surface area contributed by atoms with Crippen LogP contribution in [0.4, 0.5) is 32.0 Å². The van der Waals surface area contributed by atoms with Crippen LogP contribution in [-0.4, -0.2) is 13.0 Å². The van der Waals surface area contributed by atoms with Crippen LogP contribution in [0.15, 0.2) is 42.5 Å². The Hall–Kier alpha value is -2.71. The molecule has 140 valence electrons. The fourth-order valence-corrected chi connectivity index (χ4v) is 2.25. The van der Waals surface area contributed by atoms with Crippen molar-refractivity contribution in [2.45, 2.75) is 18.8 Å². The highest BCUT2D eigenvalue weighted by Crippen LogP contribution is 2.37. The van der Waals surface area contributed by atoms with Gasteiger partial charge >= 0.3 is 12.4 Å². The molecule has 2 rings (SSSR count). The third-order valence-electron chi connectivity index (χ3n) is 3.41. The van der Waals surface area contributed by atoms with Gasteiger partial charge in [-0.3, -0.25) is 4.79 Å². The van der Waals surface area contributed by atoms with Gasteiger partial charge in [-0.15, -0.1) is 0 Å². The fourth-order valence-electron chi connectivity index (χ4n) is 2.25. The first kappa shape index (κ1) is 19.6. The van der Waals surface area contributed by atoms with E-state index in [-0.39, 0.29) is 12.5 Å². The van der Waals surface area contributed by atoms with Crippen LogP contribution in [0.1, 0.15) is 16.7 Å². The molecule has 1 amide bonds. The molecule has 2 aromatic rings. The number of carbonyl (C=O) groups excluding carboxylic acids is 1. The average Bonchev–Trinajstić information content (AvgIpc) is 2.53. The summed E-state index contributed by atoms with van der Waals surface area (Å²) in [5, 5.41) is 2.07. The van der Waals surface area contributed by atoms with E-state index in [2.05, 4.69) is 5.32 Å². The van der Waals surface area contributed by atoms with Gasteiger partial charge in [0.25, 0.3) is 0 Å². The van der Waals surface area contributed by atoms with E-state index in [1.165, 1.54) is 7.11 Å². The predicted octanol–water partition coefficient (Wildman–Crippen LogP) is 4.91. The Labute approximate surface area is 144 Å². The second-order valence-electron chi connectivity index (χ2n) is 5.33. The molecule has 9 heteroatoms. The van der Waals surface area contributed by atoms with Crippen molar-refractivity contribution in [2.75, 3.05) is 12.4 Å². The molecule has 0 aliphatic rings. The van der Waals surface area contributed by atoms with Crippen molar-refractivity contribution in [1.82, 2.24) is 0 Å². The van der Waals surface area contributed by atoms with Crippen molar-refractivity contribution < 1.29 is 35.9 Å². The molecule has 0 atom stereocenters. The zero-order valence-corrected chi connectivity index (χ0v) is 13.3. The average molecular weight is 377 g/mol. The van der Waals surface area contributed by atoms with Crippen molar-refractivity contribution in [1.29, 1.82) is 0 Å². The number of rotatable bonds is 4. The Balaban J connectivity index is 2.29. The van der Waals surface area contributed by atoms with Gasteiger partial charge in [-0.25, -0.2) is 0 Å². The summed E-state index contributed by atoms with van der Waals surface area (Å²) in [5.41, 5.74) is -3.15. The summed E-state index contributed by atoms with van der Waals surface area (Å²) in [4.78, 5) is 12.0. The maximum Gasteiger partial charge on any atom is 0.416 e. The lowest BCUT2D eigenvalue weighted by Gasteiger charge is -2.15. The number of alkyl halides is 6. The van der Waals surface area contributed by atoms with Crippen LogP contribution in [0, 0.1) is 0 Å². The Morgan fingerprint density at radius 1 is 0.962 bits per heavy atom. The van der Waals surface area contributed by atoms with Gasteiger partial charge in [-0.2, -0.15) is 26.3 Å². The first-order valence-electron chi connectivity index (χ1n) is 7.22. The monoisotopic (exact) mass is 377 g/mol. The lowest BCUT2D eigenvalue weighted by Crippen LogP contribution is -2.17. The van der Waals surface area contributed by atoms with Gasteiger partial charge in [0.15, 0.2) is 0 Å². The molecule has 0 saturated carbocycles. The standard InChI is InChI=1S/C17H13F6NO2/c1-26-14-5-3-2-4-10(14)6-15(25)24-13-8-11(16(18,19)20)7-12(9-13)17(21,22)23/h2-5,7-9H,6H2,1H3,(H,24,25). The van der Waals surface area contributed by atoms with Crippen molar-refractivity contribution in [3.63, 3.8) is 0 Å². The Bertz CT molecular complexity index is 766. The molecule has 2 aromatic carbocycles. The lowest BCUT2D eigenvalue weighted by molar-refractivity contribution is -0.143. The first-order chi connectivity index (χ1) is 12.0. The van der Waals surface area contributed by atoms with Crippen molar-refractivity contribution in [3.05, 3.63) is 59.2 Å². The molecule has 26 heavy (non-hydrogen) atoms. The number of carbonyl (C=O) groups is 1. The van der Waals surface area contributed by atoms with E-state index in [1.807, 2.05) is 0 Å². The molecule has 0 aliphatic carbocycles. The van der Waals surface area contributed by atoms with Crippen LogP contribution >= 0.6 is 0 Å². The second kappa shape index (κ2) is 7.27. The van der Waals surface area contributed by atoms with Crippen LogP contribution in [0.3, 0.4) is 0 Å². The zero-order valence-electron chi connectivity index (χ0n) is 13.3. The van der Waals surface area contributed by atoms with Gasteiger partial charge in [0, 0.05) is 11.3 Å². The topological polar surface area (TPSA) is 38.3 Å².